The molecule has 1 aromatic carbocycles. The van der Waals surface area contributed by atoms with Gasteiger partial charge in [0.25, 0.3) is 0 Å². The molecule has 0 unspecified atom stereocenters. The topological polar surface area (TPSA) is 60.2 Å². The summed E-state index contributed by atoms with van der Waals surface area (Å²) < 4.78 is 23.1. The molecular formula is C9H9NO2S. The predicted molar refractivity (Wildman–Crippen MR) is 51.9 cm³/mol. The second-order valence-electron chi connectivity index (χ2n) is 2.95. The van der Waals surface area contributed by atoms with E-state index in [9.17, 15) is 8.42 Å². The molecule has 1 aliphatic rings. The van der Waals surface area contributed by atoms with Crippen LogP contribution >= 0.6 is 0 Å². The zero-order valence-electron chi connectivity index (χ0n) is 6.90. The molecule has 1 aromatic rings. The summed E-state index contributed by atoms with van der Waals surface area (Å²) in [5, 5.41) is 0. The zero-order chi connectivity index (χ0) is 9.47. The largest absolute Gasteiger partial charge is 0.398 e. The highest BCUT2D eigenvalue weighted by Crippen LogP contribution is 2.28. The monoisotopic (exact) mass is 195 g/mol. The minimum atomic E-state index is -3.18. The van der Waals surface area contributed by atoms with E-state index in [-0.39, 0.29) is 10.6 Å². The Hall–Kier alpha value is -1.29. The van der Waals surface area contributed by atoms with E-state index < -0.39 is 9.84 Å². The number of benzene rings is 1. The van der Waals surface area contributed by atoms with Crippen LogP contribution in [0.5, 0.6) is 0 Å². The molecule has 1 aliphatic heterocycles. The molecule has 0 aromatic heterocycles. The molecule has 68 valence electrons. The van der Waals surface area contributed by atoms with Crippen molar-refractivity contribution in [3.63, 3.8) is 0 Å². The number of nitrogen functional groups attached to an aromatic ring is 1. The molecule has 2 N–H and O–H groups in total. The van der Waals surface area contributed by atoms with Crippen LogP contribution in [0, 0.1) is 0 Å². The van der Waals surface area contributed by atoms with E-state index in [1.165, 1.54) is 0 Å². The van der Waals surface area contributed by atoms with Crippen LogP contribution < -0.4 is 5.73 Å². The third-order valence-corrected chi connectivity index (χ3v) is 3.72. The second-order valence-corrected chi connectivity index (χ2v) is 4.92. The maximum atomic E-state index is 11.6. The first-order valence-electron chi connectivity index (χ1n) is 3.89. The van der Waals surface area contributed by atoms with Gasteiger partial charge in [0.2, 0.25) is 0 Å². The van der Waals surface area contributed by atoms with Crippen LogP contribution in [0.4, 0.5) is 5.69 Å². The van der Waals surface area contributed by atoms with Crippen molar-refractivity contribution in [2.75, 3.05) is 11.5 Å². The van der Waals surface area contributed by atoms with Crippen LogP contribution in [0.15, 0.2) is 29.2 Å². The molecule has 13 heavy (non-hydrogen) atoms. The molecule has 2 rings (SSSR count). The highest BCUT2D eigenvalue weighted by atomic mass is 32.2. The van der Waals surface area contributed by atoms with Crippen LogP contribution in [-0.2, 0) is 9.84 Å². The summed E-state index contributed by atoms with van der Waals surface area (Å²) in [5.41, 5.74) is 6.63. The maximum absolute atomic E-state index is 11.6. The number of anilines is 1. The fraction of sp³-hybridized carbons (Fsp3) is 0.111. The molecule has 0 aliphatic carbocycles. The number of rotatable bonds is 0. The quantitative estimate of drug-likeness (QED) is 0.630. The fourth-order valence-corrected chi connectivity index (χ4v) is 2.89. The summed E-state index contributed by atoms with van der Waals surface area (Å²) in [6.07, 6.45) is 3.42. The molecule has 0 saturated heterocycles. The van der Waals surface area contributed by atoms with Gasteiger partial charge >= 0.3 is 0 Å². The van der Waals surface area contributed by atoms with Crippen molar-refractivity contribution in [1.29, 1.82) is 0 Å². The van der Waals surface area contributed by atoms with Crippen molar-refractivity contribution in [2.24, 2.45) is 0 Å². The van der Waals surface area contributed by atoms with Gasteiger partial charge in [0.05, 0.1) is 16.3 Å². The molecular weight excluding hydrogens is 186 g/mol. The third-order valence-electron chi connectivity index (χ3n) is 2.00. The van der Waals surface area contributed by atoms with Crippen LogP contribution in [0.2, 0.25) is 0 Å². The predicted octanol–water partition coefficient (Wildman–Crippen LogP) is 1.07. The Balaban J connectivity index is 2.84. The van der Waals surface area contributed by atoms with Crippen molar-refractivity contribution in [3.8, 4) is 0 Å². The Labute approximate surface area is 76.8 Å². The average molecular weight is 195 g/mol. The number of fused-ring (bicyclic) bond motifs is 1. The highest BCUT2D eigenvalue weighted by Gasteiger charge is 2.22. The van der Waals surface area contributed by atoms with Crippen molar-refractivity contribution in [3.05, 3.63) is 29.8 Å². The lowest BCUT2D eigenvalue weighted by molar-refractivity contribution is 0.598. The van der Waals surface area contributed by atoms with Gasteiger partial charge in [0.1, 0.15) is 0 Å². The number of nitrogens with two attached hydrogens (primary N) is 1. The Kier molecular flexibility index (Phi) is 1.66. The van der Waals surface area contributed by atoms with Gasteiger partial charge < -0.3 is 5.73 Å². The normalized spacial score (nSPS) is 18.2. The van der Waals surface area contributed by atoms with Gasteiger partial charge in [0, 0.05) is 0 Å². The molecule has 4 heteroatoms. The Morgan fingerprint density at radius 1 is 1.31 bits per heavy atom. The van der Waals surface area contributed by atoms with Gasteiger partial charge in [-0.25, -0.2) is 8.42 Å². The first-order valence-corrected chi connectivity index (χ1v) is 5.54. The van der Waals surface area contributed by atoms with E-state index in [2.05, 4.69) is 0 Å². The summed E-state index contributed by atoms with van der Waals surface area (Å²) >= 11 is 0. The lowest BCUT2D eigenvalue weighted by Crippen LogP contribution is -2.12. The molecule has 0 spiro atoms. The molecule has 0 atom stereocenters. The van der Waals surface area contributed by atoms with Gasteiger partial charge in [-0.15, -0.1) is 0 Å². The molecule has 0 bridgehead atoms. The number of sulfone groups is 1. The molecule has 0 saturated carbocycles. The van der Waals surface area contributed by atoms with Crippen molar-refractivity contribution in [2.45, 2.75) is 4.90 Å². The number of hydrogen-bond donors (Lipinski definition) is 1. The van der Waals surface area contributed by atoms with Crippen LogP contribution in [0.25, 0.3) is 6.08 Å². The Morgan fingerprint density at radius 2 is 2.08 bits per heavy atom. The Bertz CT molecular complexity index is 474. The van der Waals surface area contributed by atoms with Crippen molar-refractivity contribution in [1.82, 2.24) is 0 Å². The van der Waals surface area contributed by atoms with E-state index >= 15 is 0 Å². The van der Waals surface area contributed by atoms with Crippen molar-refractivity contribution >= 4 is 21.6 Å². The molecule has 0 radical (unpaired) electrons. The van der Waals surface area contributed by atoms with E-state index in [1.807, 2.05) is 0 Å². The Morgan fingerprint density at radius 3 is 2.77 bits per heavy atom. The van der Waals surface area contributed by atoms with Crippen LogP contribution in [0.1, 0.15) is 5.56 Å². The summed E-state index contributed by atoms with van der Waals surface area (Å²) in [6, 6.07) is 5.10. The highest BCUT2D eigenvalue weighted by molar-refractivity contribution is 7.91. The summed E-state index contributed by atoms with van der Waals surface area (Å²) in [6.45, 7) is 0. The minimum absolute atomic E-state index is 0.0498. The standard InChI is InChI=1S/C9H9NO2S/c10-8-5-1-3-7-4-2-6-13(11,12)9(7)8/h1-5H,6,10H2. The second kappa shape index (κ2) is 2.60. The summed E-state index contributed by atoms with van der Waals surface area (Å²) in [7, 11) is -3.18. The summed E-state index contributed by atoms with van der Waals surface area (Å²) in [5.74, 6) is 0.0498. The van der Waals surface area contributed by atoms with Crippen LogP contribution in [-0.4, -0.2) is 14.2 Å². The van der Waals surface area contributed by atoms with Gasteiger partial charge in [-0.2, -0.15) is 0 Å². The summed E-state index contributed by atoms with van der Waals surface area (Å²) in [4.78, 5) is 0.275. The van der Waals surface area contributed by atoms with E-state index in [4.69, 9.17) is 5.73 Å². The van der Waals surface area contributed by atoms with Gasteiger partial charge in [0.15, 0.2) is 9.84 Å². The van der Waals surface area contributed by atoms with E-state index in [0.29, 0.717) is 11.3 Å². The lowest BCUT2D eigenvalue weighted by atomic mass is 10.2. The van der Waals surface area contributed by atoms with Gasteiger partial charge in [-0.05, 0) is 11.6 Å². The maximum Gasteiger partial charge on any atom is 0.184 e. The van der Waals surface area contributed by atoms with Gasteiger partial charge in [-0.1, -0.05) is 24.3 Å². The minimum Gasteiger partial charge on any atom is -0.398 e. The van der Waals surface area contributed by atoms with E-state index in [0.717, 1.165) is 0 Å². The molecule has 0 amide bonds. The molecule has 0 fully saturated rings. The van der Waals surface area contributed by atoms with Crippen LogP contribution in [0.3, 0.4) is 0 Å². The molecule has 3 nitrogen and oxygen atoms in total. The van der Waals surface area contributed by atoms with E-state index in [1.54, 1.807) is 30.4 Å². The SMILES string of the molecule is Nc1cccc2c1S(=O)(=O)CC=C2. The average Bonchev–Trinajstić information content (AvgIpc) is 2.02. The zero-order valence-corrected chi connectivity index (χ0v) is 7.71. The molecule has 1 heterocycles. The number of hydrogen-bond acceptors (Lipinski definition) is 3. The first kappa shape index (κ1) is 8.31. The lowest BCUT2D eigenvalue weighted by Gasteiger charge is -2.12. The first-order chi connectivity index (χ1) is 6.11. The smallest absolute Gasteiger partial charge is 0.184 e. The fourth-order valence-electron chi connectivity index (χ4n) is 1.45. The third kappa shape index (κ3) is 1.23. The van der Waals surface area contributed by atoms with Crippen molar-refractivity contribution < 1.29 is 8.42 Å². The van der Waals surface area contributed by atoms with Gasteiger partial charge in [-0.3, -0.25) is 0 Å².